The molecule has 2 N–H and O–H groups in total. The third-order valence-electron chi connectivity index (χ3n) is 4.47. The van der Waals surface area contributed by atoms with Gasteiger partial charge in [-0.2, -0.15) is 0 Å². The molecule has 0 heterocycles. The van der Waals surface area contributed by atoms with E-state index in [1.165, 1.54) is 18.4 Å². The monoisotopic (exact) mass is 291 g/mol. The van der Waals surface area contributed by atoms with Gasteiger partial charge >= 0.3 is 0 Å². The van der Waals surface area contributed by atoms with Crippen molar-refractivity contribution in [3.8, 4) is 5.75 Å². The molecule has 118 valence electrons. The second-order valence-electron chi connectivity index (χ2n) is 6.79. The molecule has 1 fully saturated rings. The van der Waals surface area contributed by atoms with E-state index in [0.29, 0.717) is 0 Å². The Morgan fingerprint density at radius 2 is 2.05 bits per heavy atom. The number of hydrogen-bond donors (Lipinski definition) is 2. The first-order chi connectivity index (χ1) is 10.0. The summed E-state index contributed by atoms with van der Waals surface area (Å²) in [6.07, 6.45) is 4.71. The molecular weight excluding hydrogens is 262 g/mol. The lowest BCUT2D eigenvalue weighted by atomic mass is 9.77. The maximum Gasteiger partial charge on any atom is 0.120 e. The van der Waals surface area contributed by atoms with Gasteiger partial charge in [0, 0.05) is 12.1 Å². The number of aliphatic hydroxyl groups is 1. The zero-order chi connectivity index (χ0) is 15.3. The van der Waals surface area contributed by atoms with E-state index in [1.807, 2.05) is 26.0 Å². The van der Waals surface area contributed by atoms with Crippen molar-refractivity contribution in [3.05, 3.63) is 29.8 Å². The molecule has 1 aromatic carbocycles. The topological polar surface area (TPSA) is 41.5 Å². The zero-order valence-corrected chi connectivity index (χ0v) is 13.6. The first kappa shape index (κ1) is 16.3. The van der Waals surface area contributed by atoms with Gasteiger partial charge in [0.25, 0.3) is 0 Å². The van der Waals surface area contributed by atoms with Crippen LogP contribution in [0.4, 0.5) is 0 Å². The van der Waals surface area contributed by atoms with Crippen molar-refractivity contribution >= 4 is 0 Å². The number of benzene rings is 1. The van der Waals surface area contributed by atoms with Crippen molar-refractivity contribution in [1.29, 1.82) is 0 Å². The lowest BCUT2D eigenvalue weighted by Gasteiger charge is -2.39. The van der Waals surface area contributed by atoms with E-state index < -0.39 is 0 Å². The summed E-state index contributed by atoms with van der Waals surface area (Å²) in [6.45, 7) is 7.38. The Morgan fingerprint density at radius 3 is 2.67 bits per heavy atom. The second-order valence-corrected chi connectivity index (χ2v) is 6.79. The Hall–Kier alpha value is -1.06. The first-order valence-corrected chi connectivity index (χ1v) is 8.14. The van der Waals surface area contributed by atoms with Gasteiger partial charge in [0.2, 0.25) is 0 Å². The molecule has 2 rings (SSSR count). The van der Waals surface area contributed by atoms with E-state index in [4.69, 9.17) is 4.74 Å². The van der Waals surface area contributed by atoms with Crippen molar-refractivity contribution in [2.24, 2.45) is 5.92 Å². The number of hydrogen-bond acceptors (Lipinski definition) is 3. The zero-order valence-electron chi connectivity index (χ0n) is 13.6. The SMILES string of the molecule is CC1CCC(CO)(NCc2cccc(OC(C)C)c2)CC1. The van der Waals surface area contributed by atoms with Crippen LogP contribution in [0.3, 0.4) is 0 Å². The molecule has 0 aromatic heterocycles. The van der Waals surface area contributed by atoms with Crippen molar-refractivity contribution in [1.82, 2.24) is 5.32 Å². The molecule has 0 radical (unpaired) electrons. The Bertz CT molecular complexity index is 437. The lowest BCUT2D eigenvalue weighted by molar-refractivity contribution is 0.104. The van der Waals surface area contributed by atoms with Gasteiger partial charge in [-0.1, -0.05) is 19.1 Å². The molecule has 0 amide bonds. The molecule has 1 aromatic rings. The van der Waals surface area contributed by atoms with Crippen LogP contribution in [-0.4, -0.2) is 23.4 Å². The number of rotatable bonds is 6. The van der Waals surface area contributed by atoms with E-state index in [1.54, 1.807) is 0 Å². The highest BCUT2D eigenvalue weighted by Crippen LogP contribution is 2.32. The van der Waals surface area contributed by atoms with Crippen LogP contribution < -0.4 is 10.1 Å². The average Bonchev–Trinajstić information content (AvgIpc) is 2.47. The smallest absolute Gasteiger partial charge is 0.120 e. The highest BCUT2D eigenvalue weighted by Gasteiger charge is 2.32. The first-order valence-electron chi connectivity index (χ1n) is 8.14. The van der Waals surface area contributed by atoms with E-state index in [9.17, 15) is 5.11 Å². The summed E-state index contributed by atoms with van der Waals surface area (Å²) in [7, 11) is 0. The number of ether oxygens (including phenoxy) is 1. The quantitative estimate of drug-likeness (QED) is 0.843. The lowest BCUT2D eigenvalue weighted by Crippen LogP contribution is -2.50. The molecule has 0 saturated heterocycles. The molecular formula is C18H29NO2. The molecule has 21 heavy (non-hydrogen) atoms. The molecule has 1 aliphatic carbocycles. The van der Waals surface area contributed by atoms with Gasteiger partial charge in [0.15, 0.2) is 0 Å². The van der Waals surface area contributed by atoms with Crippen LogP contribution in [0.2, 0.25) is 0 Å². The predicted molar refractivity (Wildman–Crippen MR) is 86.5 cm³/mol. The third kappa shape index (κ3) is 4.72. The van der Waals surface area contributed by atoms with Crippen molar-refractivity contribution in [2.75, 3.05) is 6.61 Å². The molecule has 3 nitrogen and oxygen atoms in total. The standard InChI is InChI=1S/C18H29NO2/c1-14(2)21-17-6-4-5-16(11-17)12-19-18(13-20)9-7-15(3)8-10-18/h4-6,11,14-15,19-20H,7-10,12-13H2,1-3H3. The van der Waals surface area contributed by atoms with E-state index in [-0.39, 0.29) is 18.2 Å². The van der Waals surface area contributed by atoms with Gasteiger partial charge in [-0.05, 0) is 63.1 Å². The Morgan fingerprint density at radius 1 is 1.33 bits per heavy atom. The van der Waals surface area contributed by atoms with Crippen LogP contribution in [-0.2, 0) is 6.54 Å². The van der Waals surface area contributed by atoms with E-state index in [0.717, 1.165) is 31.1 Å². The van der Waals surface area contributed by atoms with E-state index in [2.05, 4.69) is 24.4 Å². The van der Waals surface area contributed by atoms with Crippen LogP contribution in [0.5, 0.6) is 5.75 Å². The highest BCUT2D eigenvalue weighted by molar-refractivity contribution is 5.28. The minimum atomic E-state index is -0.0958. The summed E-state index contributed by atoms with van der Waals surface area (Å²) >= 11 is 0. The Balaban J connectivity index is 1.95. The molecule has 0 spiro atoms. The van der Waals surface area contributed by atoms with Crippen LogP contribution in [0.25, 0.3) is 0 Å². The largest absolute Gasteiger partial charge is 0.491 e. The van der Waals surface area contributed by atoms with Gasteiger partial charge < -0.3 is 15.2 Å². The molecule has 0 bridgehead atoms. The maximum absolute atomic E-state index is 9.79. The molecule has 0 atom stereocenters. The predicted octanol–water partition coefficient (Wildman–Crippen LogP) is 3.50. The number of nitrogens with one attached hydrogen (secondary N) is 1. The van der Waals surface area contributed by atoms with Gasteiger partial charge in [-0.25, -0.2) is 0 Å². The minimum absolute atomic E-state index is 0.0958. The van der Waals surface area contributed by atoms with Crippen molar-refractivity contribution in [2.45, 2.75) is 64.6 Å². The van der Waals surface area contributed by atoms with Crippen LogP contribution >= 0.6 is 0 Å². The normalized spacial score (nSPS) is 26.0. The number of aliphatic hydroxyl groups excluding tert-OH is 1. The summed E-state index contributed by atoms with van der Waals surface area (Å²) < 4.78 is 5.74. The molecule has 1 saturated carbocycles. The van der Waals surface area contributed by atoms with E-state index >= 15 is 0 Å². The van der Waals surface area contributed by atoms with Crippen molar-refractivity contribution < 1.29 is 9.84 Å². The fourth-order valence-electron chi connectivity index (χ4n) is 3.00. The highest BCUT2D eigenvalue weighted by atomic mass is 16.5. The molecule has 3 heteroatoms. The Labute approximate surface area is 128 Å². The van der Waals surface area contributed by atoms with Crippen LogP contribution in [0.1, 0.15) is 52.0 Å². The fraction of sp³-hybridized carbons (Fsp3) is 0.667. The third-order valence-corrected chi connectivity index (χ3v) is 4.47. The van der Waals surface area contributed by atoms with Gasteiger partial charge in [-0.3, -0.25) is 0 Å². The second kappa shape index (κ2) is 7.28. The minimum Gasteiger partial charge on any atom is -0.491 e. The molecule has 0 unspecified atom stereocenters. The van der Waals surface area contributed by atoms with Gasteiger partial charge in [-0.15, -0.1) is 0 Å². The van der Waals surface area contributed by atoms with Crippen LogP contribution in [0.15, 0.2) is 24.3 Å². The van der Waals surface area contributed by atoms with Gasteiger partial charge in [0.05, 0.1) is 12.7 Å². The summed E-state index contributed by atoms with van der Waals surface area (Å²) in [6, 6.07) is 8.22. The molecule has 1 aliphatic rings. The Kier molecular flexibility index (Phi) is 5.65. The molecule has 0 aliphatic heterocycles. The summed E-state index contributed by atoms with van der Waals surface area (Å²) in [5, 5.41) is 13.4. The van der Waals surface area contributed by atoms with Gasteiger partial charge in [0.1, 0.15) is 5.75 Å². The van der Waals surface area contributed by atoms with Crippen molar-refractivity contribution in [3.63, 3.8) is 0 Å². The average molecular weight is 291 g/mol. The summed E-state index contributed by atoms with van der Waals surface area (Å²) in [4.78, 5) is 0. The fourth-order valence-corrected chi connectivity index (χ4v) is 3.00. The summed E-state index contributed by atoms with van der Waals surface area (Å²) in [5.41, 5.74) is 1.11. The summed E-state index contributed by atoms with van der Waals surface area (Å²) in [5.74, 6) is 1.70. The maximum atomic E-state index is 9.79. The van der Waals surface area contributed by atoms with Crippen LogP contribution in [0, 0.1) is 5.92 Å².